The number of amides is 1. The van der Waals surface area contributed by atoms with Crippen molar-refractivity contribution in [2.24, 2.45) is 5.92 Å². The Labute approximate surface area is 147 Å². The van der Waals surface area contributed by atoms with E-state index in [1.165, 1.54) is 51.2 Å². The Balaban J connectivity index is 1.75. The molecule has 3 rings (SSSR count). The molecule has 0 unspecified atom stereocenters. The van der Waals surface area contributed by atoms with E-state index in [-0.39, 0.29) is 16.8 Å². The summed E-state index contributed by atoms with van der Waals surface area (Å²) in [6.07, 6.45) is 4.05. The van der Waals surface area contributed by atoms with Crippen LogP contribution in [0, 0.1) is 5.92 Å². The van der Waals surface area contributed by atoms with Gasteiger partial charge in [-0.1, -0.05) is 0 Å². The van der Waals surface area contributed by atoms with Gasteiger partial charge in [0, 0.05) is 25.7 Å². The maximum Gasteiger partial charge on any atom is 0.256 e. The number of benzene rings is 1. The van der Waals surface area contributed by atoms with Gasteiger partial charge in [0.15, 0.2) is 0 Å². The highest BCUT2D eigenvalue weighted by Crippen LogP contribution is 2.40. The molecule has 1 aliphatic rings. The largest absolute Gasteiger partial charge is 0.307 e. The molecule has 7 nitrogen and oxygen atoms in total. The standard InChI is InChI=1S/C17H22N4O3S/c1-12(13-4-5-13)21-16(10-11-18-21)19-17(22)14-6-8-15(9-7-14)25(23,24)20(2)3/h6-13H,4-5H2,1-3H3,(H,19,22)/t12-/m1/s1. The molecule has 8 heteroatoms. The number of rotatable bonds is 6. The molecule has 1 heterocycles. The number of sulfonamides is 1. The average molecular weight is 362 g/mol. The second kappa shape index (κ2) is 6.61. The molecule has 0 bridgehead atoms. The second-order valence-corrected chi connectivity index (χ2v) is 8.66. The summed E-state index contributed by atoms with van der Waals surface area (Å²) in [5.74, 6) is 0.971. The first-order valence-corrected chi connectivity index (χ1v) is 9.62. The fourth-order valence-corrected chi connectivity index (χ4v) is 3.60. The van der Waals surface area contributed by atoms with Gasteiger partial charge in [0.25, 0.3) is 5.91 Å². The Morgan fingerprint density at radius 3 is 2.44 bits per heavy atom. The first-order valence-electron chi connectivity index (χ1n) is 8.18. The van der Waals surface area contributed by atoms with Crippen LogP contribution in [-0.4, -0.2) is 42.5 Å². The Hall–Kier alpha value is -2.19. The molecule has 1 aromatic carbocycles. The second-order valence-electron chi connectivity index (χ2n) is 6.50. The van der Waals surface area contributed by atoms with E-state index >= 15 is 0 Å². The van der Waals surface area contributed by atoms with Crippen molar-refractivity contribution < 1.29 is 13.2 Å². The van der Waals surface area contributed by atoms with Gasteiger partial charge in [-0.2, -0.15) is 5.10 Å². The zero-order chi connectivity index (χ0) is 18.2. The molecular formula is C17H22N4O3S. The van der Waals surface area contributed by atoms with E-state index in [1.54, 1.807) is 12.3 Å². The number of nitrogens with one attached hydrogen (secondary N) is 1. The Morgan fingerprint density at radius 2 is 1.88 bits per heavy atom. The molecule has 2 aromatic rings. The van der Waals surface area contributed by atoms with Crippen LogP contribution in [0.2, 0.25) is 0 Å². The Kier molecular flexibility index (Phi) is 4.66. The molecule has 0 spiro atoms. The van der Waals surface area contributed by atoms with E-state index in [0.717, 1.165) is 4.31 Å². The number of anilines is 1. The van der Waals surface area contributed by atoms with E-state index in [4.69, 9.17) is 0 Å². The van der Waals surface area contributed by atoms with E-state index in [9.17, 15) is 13.2 Å². The molecule has 1 amide bonds. The summed E-state index contributed by atoms with van der Waals surface area (Å²) in [7, 11) is -0.562. The first kappa shape index (κ1) is 17.6. The summed E-state index contributed by atoms with van der Waals surface area (Å²) in [4.78, 5) is 12.6. The number of aromatic nitrogens is 2. The minimum absolute atomic E-state index is 0.154. The van der Waals surface area contributed by atoms with Crippen molar-refractivity contribution in [3.8, 4) is 0 Å². The summed E-state index contributed by atoms with van der Waals surface area (Å²) in [5.41, 5.74) is 0.393. The number of carbonyl (C=O) groups is 1. The van der Waals surface area contributed by atoms with Crippen LogP contribution in [-0.2, 0) is 10.0 Å². The fraction of sp³-hybridized carbons (Fsp3) is 0.412. The zero-order valence-corrected chi connectivity index (χ0v) is 15.3. The van der Waals surface area contributed by atoms with Crippen molar-refractivity contribution in [2.45, 2.75) is 30.7 Å². The minimum Gasteiger partial charge on any atom is -0.307 e. The SMILES string of the molecule is C[C@H](C1CC1)n1nccc1NC(=O)c1ccc(S(=O)(=O)N(C)C)cc1. The molecule has 1 atom stereocenters. The number of hydrogen-bond donors (Lipinski definition) is 1. The van der Waals surface area contributed by atoms with Gasteiger partial charge in [-0.15, -0.1) is 0 Å². The van der Waals surface area contributed by atoms with Crippen LogP contribution >= 0.6 is 0 Å². The summed E-state index contributed by atoms with van der Waals surface area (Å²) in [6, 6.07) is 7.91. The third kappa shape index (κ3) is 3.59. The molecule has 1 aromatic heterocycles. The van der Waals surface area contributed by atoms with Crippen molar-refractivity contribution in [3.63, 3.8) is 0 Å². The monoisotopic (exact) mass is 362 g/mol. The highest BCUT2D eigenvalue weighted by molar-refractivity contribution is 7.89. The Morgan fingerprint density at radius 1 is 1.24 bits per heavy atom. The molecule has 0 saturated heterocycles. The van der Waals surface area contributed by atoms with Crippen molar-refractivity contribution in [1.29, 1.82) is 0 Å². The van der Waals surface area contributed by atoms with Crippen LogP contribution in [0.3, 0.4) is 0 Å². The van der Waals surface area contributed by atoms with Crippen molar-refractivity contribution in [3.05, 3.63) is 42.1 Å². The normalized spacial score (nSPS) is 16.0. The smallest absolute Gasteiger partial charge is 0.256 e. The van der Waals surface area contributed by atoms with Crippen LogP contribution < -0.4 is 5.32 Å². The van der Waals surface area contributed by atoms with E-state index in [2.05, 4.69) is 17.3 Å². The van der Waals surface area contributed by atoms with Gasteiger partial charge in [0.1, 0.15) is 5.82 Å². The average Bonchev–Trinajstić information content (AvgIpc) is 3.34. The quantitative estimate of drug-likeness (QED) is 0.855. The van der Waals surface area contributed by atoms with E-state index < -0.39 is 10.0 Å². The summed E-state index contributed by atoms with van der Waals surface area (Å²) in [5, 5.41) is 7.16. The van der Waals surface area contributed by atoms with Gasteiger partial charge >= 0.3 is 0 Å². The highest BCUT2D eigenvalue weighted by Gasteiger charge is 2.30. The van der Waals surface area contributed by atoms with Gasteiger partial charge in [0.2, 0.25) is 10.0 Å². The van der Waals surface area contributed by atoms with Crippen LogP contribution in [0.4, 0.5) is 5.82 Å². The van der Waals surface area contributed by atoms with Crippen molar-refractivity contribution >= 4 is 21.7 Å². The lowest BCUT2D eigenvalue weighted by molar-refractivity contribution is 0.102. The highest BCUT2D eigenvalue weighted by atomic mass is 32.2. The molecule has 0 aliphatic heterocycles. The molecule has 0 radical (unpaired) electrons. The summed E-state index contributed by atoms with van der Waals surface area (Å²) >= 11 is 0. The minimum atomic E-state index is -3.50. The molecule has 1 aliphatic carbocycles. The van der Waals surface area contributed by atoms with Crippen LogP contribution in [0.15, 0.2) is 41.4 Å². The van der Waals surface area contributed by atoms with Crippen molar-refractivity contribution in [2.75, 3.05) is 19.4 Å². The lowest BCUT2D eigenvalue weighted by atomic mass is 10.2. The zero-order valence-electron chi connectivity index (χ0n) is 14.5. The van der Waals surface area contributed by atoms with Gasteiger partial charge in [-0.25, -0.2) is 17.4 Å². The van der Waals surface area contributed by atoms with Gasteiger partial charge < -0.3 is 5.32 Å². The number of carbonyl (C=O) groups excluding carboxylic acids is 1. The van der Waals surface area contributed by atoms with Gasteiger partial charge in [0.05, 0.1) is 17.1 Å². The van der Waals surface area contributed by atoms with Crippen molar-refractivity contribution in [1.82, 2.24) is 14.1 Å². The van der Waals surface area contributed by atoms with Crippen LogP contribution in [0.25, 0.3) is 0 Å². The van der Waals surface area contributed by atoms with Crippen LogP contribution in [0.5, 0.6) is 0 Å². The molecular weight excluding hydrogens is 340 g/mol. The first-order chi connectivity index (χ1) is 11.8. The Bertz CT molecular complexity index is 868. The van der Waals surface area contributed by atoms with Gasteiger partial charge in [-0.3, -0.25) is 4.79 Å². The topological polar surface area (TPSA) is 84.3 Å². The lowest BCUT2D eigenvalue weighted by Crippen LogP contribution is -2.22. The predicted octanol–water partition coefficient (Wildman–Crippen LogP) is 2.36. The molecule has 1 fully saturated rings. The van der Waals surface area contributed by atoms with E-state index in [1.807, 2.05) is 4.68 Å². The molecule has 134 valence electrons. The fourth-order valence-electron chi connectivity index (χ4n) is 2.69. The third-order valence-electron chi connectivity index (χ3n) is 4.50. The molecule has 25 heavy (non-hydrogen) atoms. The number of nitrogens with zero attached hydrogens (tertiary/aromatic N) is 3. The lowest BCUT2D eigenvalue weighted by Gasteiger charge is -2.15. The maximum absolute atomic E-state index is 12.5. The summed E-state index contributed by atoms with van der Waals surface area (Å²) in [6.45, 7) is 2.10. The third-order valence-corrected chi connectivity index (χ3v) is 6.33. The maximum atomic E-state index is 12.5. The van der Waals surface area contributed by atoms with Crippen LogP contribution in [0.1, 0.15) is 36.2 Å². The van der Waals surface area contributed by atoms with Gasteiger partial charge in [-0.05, 0) is 49.9 Å². The molecule has 1 saturated carbocycles. The predicted molar refractivity (Wildman–Crippen MR) is 94.9 cm³/mol. The summed E-state index contributed by atoms with van der Waals surface area (Å²) < 4.78 is 27.1. The molecule has 1 N–H and O–H groups in total. The number of hydrogen-bond acceptors (Lipinski definition) is 4. The van der Waals surface area contributed by atoms with E-state index in [0.29, 0.717) is 17.3 Å².